The first-order valence-electron chi connectivity index (χ1n) is 6.20. The topological polar surface area (TPSA) is 111 Å². The second-order valence-electron chi connectivity index (χ2n) is 4.27. The van der Waals surface area contributed by atoms with Crippen LogP contribution in [0, 0.1) is 0 Å². The van der Waals surface area contributed by atoms with E-state index in [1.165, 1.54) is 0 Å². The molecule has 0 aliphatic carbocycles. The van der Waals surface area contributed by atoms with Crippen molar-refractivity contribution in [1.29, 1.82) is 0 Å². The first kappa shape index (κ1) is 20.2. The van der Waals surface area contributed by atoms with Gasteiger partial charge >= 0.3 is 29.9 Å². The zero-order valence-electron chi connectivity index (χ0n) is 12.6. The third-order valence-electron chi connectivity index (χ3n) is 2.64. The molecule has 1 aromatic rings. The predicted octanol–water partition coefficient (Wildman–Crippen LogP) is 1.58. The Morgan fingerprint density at radius 1 is 0.920 bits per heavy atom. The number of ether oxygens (including phenoxy) is 2. The third kappa shape index (κ3) is 5.08. The Bertz CT molecular complexity index is 684. The fraction of sp³-hybridized carbons (Fsp3) is 0.231. The molecular weight excluding hydrogens is 373 g/mol. The second-order valence-corrected chi connectivity index (χ2v) is 4.65. The maximum atomic E-state index is 13.0. The van der Waals surface area contributed by atoms with E-state index in [2.05, 4.69) is 9.47 Å². The minimum atomic E-state index is -4.87. The van der Waals surface area contributed by atoms with E-state index >= 15 is 0 Å². The number of carbonyl (C=O) groups is 4. The van der Waals surface area contributed by atoms with Crippen LogP contribution in [0.3, 0.4) is 0 Å². The van der Waals surface area contributed by atoms with Crippen LogP contribution in [-0.2, 0) is 34.8 Å². The summed E-state index contributed by atoms with van der Waals surface area (Å²) in [7, 11) is 1.77. The highest BCUT2D eigenvalue weighted by molar-refractivity contribution is 6.42. The van der Waals surface area contributed by atoms with Crippen molar-refractivity contribution >= 4 is 46.7 Å². The lowest BCUT2D eigenvalue weighted by atomic mass is 10.1. The van der Waals surface area contributed by atoms with Crippen molar-refractivity contribution in [1.82, 2.24) is 0 Å². The third-order valence-corrected chi connectivity index (χ3v) is 3.05. The van der Waals surface area contributed by atoms with E-state index in [-0.39, 0.29) is 0 Å². The lowest BCUT2D eigenvalue weighted by molar-refractivity contribution is -0.150. The van der Waals surface area contributed by atoms with Crippen LogP contribution in [0.25, 0.3) is 0 Å². The van der Waals surface area contributed by atoms with E-state index in [0.717, 1.165) is 14.2 Å². The number of rotatable bonds is 2. The van der Waals surface area contributed by atoms with Gasteiger partial charge in [-0.05, 0) is 12.1 Å². The quantitative estimate of drug-likeness (QED) is 0.593. The number of amides is 2. The zero-order valence-corrected chi connectivity index (χ0v) is 13.4. The van der Waals surface area contributed by atoms with E-state index in [1.54, 1.807) is 0 Å². The minimum Gasteiger partial charge on any atom is -0.462 e. The molecule has 0 heterocycles. The van der Waals surface area contributed by atoms with Crippen molar-refractivity contribution in [2.45, 2.75) is 6.18 Å². The van der Waals surface area contributed by atoms with Crippen molar-refractivity contribution in [3.8, 4) is 0 Å². The van der Waals surface area contributed by atoms with Crippen LogP contribution in [0.4, 0.5) is 24.5 Å². The van der Waals surface area contributed by atoms with E-state index < -0.39 is 51.9 Å². The summed E-state index contributed by atoms with van der Waals surface area (Å²) in [4.78, 5) is 45.1. The Balaban J connectivity index is 3.34. The lowest BCUT2D eigenvalue weighted by Crippen LogP contribution is -2.26. The molecule has 0 spiro atoms. The Kier molecular flexibility index (Phi) is 6.34. The number of halogens is 4. The van der Waals surface area contributed by atoms with Gasteiger partial charge in [-0.1, -0.05) is 11.6 Å². The molecule has 0 aliphatic rings. The van der Waals surface area contributed by atoms with Crippen molar-refractivity contribution in [3.05, 3.63) is 22.7 Å². The molecule has 1 rings (SSSR count). The minimum absolute atomic E-state index is 0.441. The number of alkyl halides is 3. The van der Waals surface area contributed by atoms with Crippen LogP contribution < -0.4 is 10.6 Å². The van der Waals surface area contributed by atoms with Crippen LogP contribution in [0.1, 0.15) is 5.56 Å². The van der Waals surface area contributed by atoms with Crippen LogP contribution in [0.15, 0.2) is 12.1 Å². The average molecular weight is 383 g/mol. The molecular formula is C13H10ClF3N2O6. The molecule has 0 fully saturated rings. The van der Waals surface area contributed by atoms with Crippen LogP contribution in [0.2, 0.25) is 5.02 Å². The Labute approximate surface area is 143 Å². The molecule has 1 aromatic carbocycles. The van der Waals surface area contributed by atoms with E-state index in [4.69, 9.17) is 11.6 Å². The largest absolute Gasteiger partial charge is 0.462 e. The van der Waals surface area contributed by atoms with Crippen molar-refractivity contribution in [3.63, 3.8) is 0 Å². The van der Waals surface area contributed by atoms with Gasteiger partial charge in [-0.15, -0.1) is 0 Å². The Morgan fingerprint density at radius 3 is 1.56 bits per heavy atom. The van der Waals surface area contributed by atoms with Gasteiger partial charge in [0.1, 0.15) is 0 Å². The summed E-state index contributed by atoms with van der Waals surface area (Å²) in [5.74, 6) is -5.55. The molecule has 0 saturated heterocycles. The van der Waals surface area contributed by atoms with E-state index in [9.17, 15) is 32.3 Å². The number of benzene rings is 1. The summed E-state index contributed by atoms with van der Waals surface area (Å²) in [6.45, 7) is 0. The van der Waals surface area contributed by atoms with E-state index in [0.29, 0.717) is 12.1 Å². The summed E-state index contributed by atoms with van der Waals surface area (Å²) in [5.41, 5.74) is -2.57. The van der Waals surface area contributed by atoms with Crippen molar-refractivity contribution in [2.75, 3.05) is 24.9 Å². The SMILES string of the molecule is COC(=O)C(=O)Nc1cc(C(F)(F)F)cc(NC(=O)C(=O)OC)c1Cl. The molecule has 0 bridgehead atoms. The number of methoxy groups -OCH3 is 2. The van der Waals surface area contributed by atoms with Crippen LogP contribution >= 0.6 is 11.6 Å². The normalized spacial score (nSPS) is 10.6. The fourth-order valence-corrected chi connectivity index (χ4v) is 1.71. The number of carbonyl (C=O) groups excluding carboxylic acids is 4. The van der Waals surface area contributed by atoms with Crippen molar-refractivity contribution in [2.24, 2.45) is 0 Å². The molecule has 12 heteroatoms. The highest BCUT2D eigenvalue weighted by Gasteiger charge is 2.33. The van der Waals surface area contributed by atoms with Gasteiger partial charge in [-0.3, -0.25) is 9.59 Å². The molecule has 0 saturated carbocycles. The Morgan fingerprint density at radius 2 is 1.28 bits per heavy atom. The molecule has 0 aromatic heterocycles. The monoisotopic (exact) mass is 382 g/mol. The number of nitrogens with one attached hydrogen (secondary N) is 2. The molecule has 25 heavy (non-hydrogen) atoms. The highest BCUT2D eigenvalue weighted by atomic mass is 35.5. The van der Waals surface area contributed by atoms with Crippen LogP contribution in [-0.4, -0.2) is 38.0 Å². The molecule has 0 unspecified atom stereocenters. The molecule has 2 N–H and O–H groups in total. The number of anilines is 2. The molecule has 8 nitrogen and oxygen atoms in total. The van der Waals surface area contributed by atoms with Gasteiger partial charge in [0, 0.05) is 0 Å². The first-order valence-corrected chi connectivity index (χ1v) is 6.58. The summed E-state index contributed by atoms with van der Waals surface area (Å²) in [6.07, 6.45) is -4.87. The number of esters is 2. The van der Waals surface area contributed by atoms with Crippen LogP contribution in [0.5, 0.6) is 0 Å². The predicted molar refractivity (Wildman–Crippen MR) is 77.7 cm³/mol. The van der Waals surface area contributed by atoms with Gasteiger partial charge in [0.25, 0.3) is 0 Å². The molecule has 136 valence electrons. The summed E-state index contributed by atoms with van der Waals surface area (Å²) in [6, 6.07) is 0.883. The summed E-state index contributed by atoms with van der Waals surface area (Å²) >= 11 is 5.81. The molecule has 0 atom stereocenters. The van der Waals surface area contributed by atoms with Gasteiger partial charge < -0.3 is 20.1 Å². The van der Waals surface area contributed by atoms with Gasteiger partial charge in [-0.2, -0.15) is 13.2 Å². The molecule has 0 radical (unpaired) electrons. The number of hydrogen-bond acceptors (Lipinski definition) is 6. The van der Waals surface area contributed by atoms with Crippen molar-refractivity contribution < 1.29 is 41.8 Å². The summed E-state index contributed by atoms with van der Waals surface area (Å²) < 4.78 is 47.1. The van der Waals surface area contributed by atoms with Gasteiger partial charge in [0.2, 0.25) is 0 Å². The maximum Gasteiger partial charge on any atom is 0.416 e. The first-order chi connectivity index (χ1) is 11.5. The standard InChI is InChI=1S/C13H10ClF3N2O6/c1-24-11(22)9(20)18-6-3-5(13(15,16)17)4-7(8(6)14)19-10(21)12(23)25-2/h3-4H,1-2H3,(H,18,20)(H,19,21). The fourth-order valence-electron chi connectivity index (χ4n) is 1.50. The van der Waals surface area contributed by atoms with Gasteiger partial charge in [-0.25, -0.2) is 9.59 Å². The van der Waals surface area contributed by atoms with Gasteiger partial charge in [0.15, 0.2) is 0 Å². The second kappa shape index (κ2) is 7.83. The molecule has 0 aliphatic heterocycles. The molecule has 2 amide bonds. The van der Waals surface area contributed by atoms with E-state index in [1.807, 2.05) is 10.6 Å². The summed E-state index contributed by atoms with van der Waals surface area (Å²) in [5, 5.41) is 3.08. The highest BCUT2D eigenvalue weighted by Crippen LogP contribution is 2.38. The average Bonchev–Trinajstić information content (AvgIpc) is 2.55. The van der Waals surface area contributed by atoms with Gasteiger partial charge in [0.05, 0.1) is 36.2 Å². The smallest absolute Gasteiger partial charge is 0.416 e. The maximum absolute atomic E-state index is 13.0. The lowest BCUT2D eigenvalue weighted by Gasteiger charge is -2.15. The zero-order chi connectivity index (χ0) is 19.4. The number of hydrogen-bond donors (Lipinski definition) is 2. The Hall–Kier alpha value is -2.82.